The third-order valence-corrected chi connectivity index (χ3v) is 12.8. The van der Waals surface area contributed by atoms with Gasteiger partial charge in [-0.05, 0) is 63.1 Å². The molecular weight excluding hydrogens is 723 g/mol. The summed E-state index contributed by atoms with van der Waals surface area (Å²) < 4.78 is 28.5. The lowest BCUT2D eigenvalue weighted by atomic mass is 10.1. The van der Waals surface area contributed by atoms with Gasteiger partial charge < -0.3 is 24.7 Å². The van der Waals surface area contributed by atoms with E-state index in [2.05, 4.69) is 27.5 Å². The van der Waals surface area contributed by atoms with E-state index >= 15 is 0 Å². The maximum Gasteiger partial charge on any atom is 0.329 e. The number of nitrogens with one attached hydrogen (secondary N) is 2. The number of piperidine rings is 2. The first-order chi connectivity index (χ1) is 26.7. The van der Waals surface area contributed by atoms with Crippen molar-refractivity contribution in [3.63, 3.8) is 0 Å². The Balaban J connectivity index is 0.883. The van der Waals surface area contributed by atoms with E-state index in [4.69, 9.17) is 9.72 Å². The summed E-state index contributed by atoms with van der Waals surface area (Å²) in [7, 11) is 3.19. The summed E-state index contributed by atoms with van der Waals surface area (Å²) in [6.07, 6.45) is 10.2. The van der Waals surface area contributed by atoms with Crippen LogP contribution in [0, 0.1) is 11.8 Å². The van der Waals surface area contributed by atoms with Gasteiger partial charge in [-0.2, -0.15) is 4.98 Å². The third-order valence-electron chi connectivity index (χ3n) is 11.1. The molecule has 1 aliphatic carbocycles. The number of fused-ring (bicyclic) bond motifs is 2. The van der Waals surface area contributed by atoms with E-state index in [1.54, 1.807) is 37.5 Å². The van der Waals surface area contributed by atoms with Gasteiger partial charge in [0.05, 0.1) is 28.7 Å². The molecular formula is C39H49N9O6S. The van der Waals surface area contributed by atoms with Crippen LogP contribution in [0.25, 0.3) is 22.1 Å². The number of aldehydes is 1. The zero-order valence-corrected chi connectivity index (χ0v) is 32.3. The molecule has 5 heterocycles. The zero-order valence-electron chi connectivity index (χ0n) is 31.4. The number of rotatable bonds is 12. The van der Waals surface area contributed by atoms with Gasteiger partial charge >= 0.3 is 5.69 Å². The summed E-state index contributed by atoms with van der Waals surface area (Å²) >= 11 is -1.24. The Kier molecular flexibility index (Phi) is 12.3. The van der Waals surface area contributed by atoms with Gasteiger partial charge in [0.2, 0.25) is 11.9 Å². The van der Waals surface area contributed by atoms with Gasteiger partial charge in [-0.3, -0.25) is 23.3 Å². The molecule has 3 aliphatic rings. The van der Waals surface area contributed by atoms with Crippen molar-refractivity contribution in [1.82, 2.24) is 37.6 Å². The van der Waals surface area contributed by atoms with Crippen molar-refractivity contribution in [2.45, 2.75) is 88.4 Å². The maximum atomic E-state index is 13.5. The van der Waals surface area contributed by atoms with Crippen molar-refractivity contribution < 1.29 is 18.9 Å². The predicted octanol–water partition coefficient (Wildman–Crippen LogP) is 2.81. The standard InChI is InChI=1S/C39H49N9O6S/c1-40-34(50)14-13-31(26-49)47-33-11-5-7-27(36(33)44(2)39(47)52)8-6-24-54-32-18-22-46(23-19-32)55(53)45-20-16-29(17-21-45)42-38-41-25-28-12-15-35(51)48(37(28)43-38)30-9-3-4-10-30/h5,7,11-12,15,25-26,29-32H,3-4,9-10,13-14,16-24H2,1-2H3,(H,40,50)(H,41,42,43). The third kappa shape index (κ3) is 8.51. The minimum atomic E-state index is -1.24. The minimum absolute atomic E-state index is 0.000571. The van der Waals surface area contributed by atoms with E-state index in [0.717, 1.165) is 56.8 Å². The van der Waals surface area contributed by atoms with Crippen LogP contribution in [-0.4, -0.2) is 101 Å². The van der Waals surface area contributed by atoms with Gasteiger partial charge in [-0.1, -0.05) is 30.7 Å². The van der Waals surface area contributed by atoms with E-state index in [1.807, 2.05) is 19.2 Å². The van der Waals surface area contributed by atoms with Crippen LogP contribution >= 0.6 is 0 Å². The Bertz CT molecular complexity index is 2190. The molecule has 0 bridgehead atoms. The number of amides is 1. The number of benzene rings is 1. The molecule has 2 atom stereocenters. The summed E-state index contributed by atoms with van der Waals surface area (Å²) in [5.74, 6) is 6.56. The number of anilines is 1. The fraction of sp³-hybridized carbons (Fsp3) is 0.538. The highest BCUT2D eigenvalue weighted by Crippen LogP contribution is 2.31. The number of imidazole rings is 1. The molecule has 1 amide bonds. The van der Waals surface area contributed by atoms with Crippen LogP contribution in [0.5, 0.6) is 0 Å². The number of carbonyl (C=O) groups excluding carboxylic acids is 2. The maximum absolute atomic E-state index is 13.5. The average Bonchev–Trinajstić information content (AvgIpc) is 3.83. The summed E-state index contributed by atoms with van der Waals surface area (Å²) in [5.41, 5.74) is 2.18. The Morgan fingerprint density at radius 3 is 2.49 bits per heavy atom. The molecule has 16 heteroatoms. The summed E-state index contributed by atoms with van der Waals surface area (Å²) in [5, 5.41) is 6.89. The molecule has 2 unspecified atom stereocenters. The number of aryl methyl sites for hydroxylation is 1. The van der Waals surface area contributed by atoms with Crippen LogP contribution in [0.3, 0.4) is 0 Å². The second kappa shape index (κ2) is 17.5. The Morgan fingerprint density at radius 2 is 1.78 bits per heavy atom. The quantitative estimate of drug-likeness (QED) is 0.123. The van der Waals surface area contributed by atoms with E-state index in [-0.39, 0.29) is 54.8 Å². The van der Waals surface area contributed by atoms with Crippen molar-refractivity contribution in [3.05, 3.63) is 62.9 Å². The molecule has 4 aromatic rings. The first-order valence-corrected chi connectivity index (χ1v) is 20.3. The van der Waals surface area contributed by atoms with Gasteiger partial charge in [0.1, 0.15) is 30.1 Å². The Hall–Kier alpha value is -4.53. The van der Waals surface area contributed by atoms with Crippen LogP contribution in [0.4, 0.5) is 5.95 Å². The van der Waals surface area contributed by atoms with Crippen LogP contribution in [-0.2, 0) is 32.9 Å². The molecule has 15 nitrogen and oxygen atoms in total. The summed E-state index contributed by atoms with van der Waals surface area (Å²) in [6.45, 7) is 2.89. The van der Waals surface area contributed by atoms with Gasteiger partial charge in [0.15, 0.2) is 0 Å². The number of pyridine rings is 1. The lowest BCUT2D eigenvalue weighted by molar-refractivity contribution is -0.121. The van der Waals surface area contributed by atoms with E-state index < -0.39 is 17.6 Å². The molecule has 2 saturated heterocycles. The number of aromatic nitrogens is 5. The van der Waals surface area contributed by atoms with Crippen LogP contribution in [0.1, 0.15) is 81.9 Å². The van der Waals surface area contributed by atoms with Crippen LogP contribution in [0.15, 0.2) is 46.1 Å². The molecule has 1 aromatic carbocycles. The molecule has 3 aromatic heterocycles. The van der Waals surface area contributed by atoms with Crippen molar-refractivity contribution in [3.8, 4) is 11.8 Å². The molecule has 55 heavy (non-hydrogen) atoms. The van der Waals surface area contributed by atoms with E-state index in [0.29, 0.717) is 60.7 Å². The van der Waals surface area contributed by atoms with Gasteiger partial charge in [0.25, 0.3) is 5.56 Å². The highest BCUT2D eigenvalue weighted by molar-refractivity contribution is 7.86. The lowest BCUT2D eigenvalue weighted by Gasteiger charge is -2.37. The highest BCUT2D eigenvalue weighted by Gasteiger charge is 2.35. The molecule has 3 fully saturated rings. The fourth-order valence-electron chi connectivity index (χ4n) is 8.09. The minimum Gasteiger partial charge on any atom is -0.578 e. The molecule has 0 radical (unpaired) electrons. The van der Waals surface area contributed by atoms with Crippen molar-refractivity contribution in [1.29, 1.82) is 0 Å². The highest BCUT2D eigenvalue weighted by atomic mass is 32.2. The van der Waals surface area contributed by atoms with Crippen LogP contribution < -0.4 is 21.9 Å². The monoisotopic (exact) mass is 771 g/mol. The Morgan fingerprint density at radius 1 is 1.05 bits per heavy atom. The molecule has 7 rings (SSSR count). The predicted molar refractivity (Wildman–Crippen MR) is 211 cm³/mol. The van der Waals surface area contributed by atoms with Crippen molar-refractivity contribution in [2.75, 3.05) is 45.2 Å². The molecule has 1 saturated carbocycles. The number of hydrogen-bond donors (Lipinski definition) is 2. The second-order valence-corrected chi connectivity index (χ2v) is 16.1. The molecule has 2 N–H and O–H groups in total. The van der Waals surface area contributed by atoms with E-state index in [9.17, 15) is 23.7 Å². The van der Waals surface area contributed by atoms with Gasteiger partial charge in [-0.25, -0.2) is 9.78 Å². The fourth-order valence-corrected chi connectivity index (χ4v) is 9.47. The average molecular weight is 772 g/mol. The largest absolute Gasteiger partial charge is 0.578 e. The smallest absolute Gasteiger partial charge is 0.329 e. The van der Waals surface area contributed by atoms with Crippen LogP contribution in [0.2, 0.25) is 0 Å². The number of ether oxygens (including phenoxy) is 1. The van der Waals surface area contributed by atoms with Crippen molar-refractivity contribution >= 4 is 51.8 Å². The summed E-state index contributed by atoms with van der Waals surface area (Å²) in [6, 6.07) is 8.38. The van der Waals surface area contributed by atoms with Crippen molar-refractivity contribution in [2.24, 2.45) is 7.05 Å². The molecule has 0 spiro atoms. The SMILES string of the molecule is CNC(=O)CCC(C=O)n1c(=O)n(C)c2c(C#CCOC3CCN([S+]([O-])N4CCC(Nc5ncc6ccc(=O)n(C7CCCC7)c6n5)CC4)CC3)cccc21. The number of nitrogens with zero attached hydrogens (tertiary/aromatic N) is 7. The molecule has 292 valence electrons. The Labute approximate surface area is 322 Å². The van der Waals surface area contributed by atoms with Gasteiger partial charge in [0, 0.05) is 76.4 Å². The molecule has 2 aliphatic heterocycles. The van der Waals surface area contributed by atoms with E-state index in [1.165, 1.54) is 16.2 Å². The van der Waals surface area contributed by atoms with Gasteiger partial charge in [-0.15, -0.1) is 8.61 Å². The topological polar surface area (TPSA) is 172 Å². The number of para-hydroxylation sites is 1. The zero-order chi connectivity index (χ0) is 38.5. The summed E-state index contributed by atoms with van der Waals surface area (Å²) in [4.78, 5) is 59.1. The first-order valence-electron chi connectivity index (χ1n) is 19.3. The second-order valence-electron chi connectivity index (χ2n) is 14.6. The first kappa shape index (κ1) is 38.7. The normalized spacial score (nSPS) is 19.0. The number of hydrogen-bond acceptors (Lipinski definition) is 11. The number of carbonyl (C=O) groups is 2. The lowest BCUT2D eigenvalue weighted by Crippen LogP contribution is -2.51.